The van der Waals surface area contributed by atoms with Crippen molar-refractivity contribution < 1.29 is 25.9 Å². The molecule has 0 spiro atoms. The number of hydrogen-bond acceptors (Lipinski definition) is 7. The van der Waals surface area contributed by atoms with Gasteiger partial charge >= 0.3 is 0 Å². The number of sulfone groups is 1. The van der Waals surface area contributed by atoms with Crippen molar-refractivity contribution in [2.24, 2.45) is 5.73 Å². The van der Waals surface area contributed by atoms with Crippen LogP contribution in [0.3, 0.4) is 0 Å². The lowest BCUT2D eigenvalue weighted by atomic mass is 10.2. The van der Waals surface area contributed by atoms with E-state index in [1.165, 1.54) is 35.9 Å². The van der Waals surface area contributed by atoms with Gasteiger partial charge in [-0.05, 0) is 54.6 Å². The van der Waals surface area contributed by atoms with E-state index < -0.39 is 26.7 Å². The Balaban J connectivity index is 1.90. The molecule has 0 saturated carbocycles. The van der Waals surface area contributed by atoms with Gasteiger partial charge in [0, 0.05) is 23.7 Å². The number of aromatic nitrogens is 1. The number of carbonyl (C=O) groups excluding carboxylic acids is 1. The van der Waals surface area contributed by atoms with Crippen LogP contribution in [0.5, 0.6) is 0 Å². The third kappa shape index (κ3) is 4.63. The Labute approximate surface area is 203 Å². The zero-order chi connectivity index (χ0) is 25.3. The van der Waals surface area contributed by atoms with Gasteiger partial charge in [0.2, 0.25) is 9.84 Å². The number of hydrogen-bond donors (Lipinski definition) is 2. The molecule has 0 radical (unpaired) electrons. The van der Waals surface area contributed by atoms with Crippen molar-refractivity contribution in [2.75, 3.05) is 12.1 Å². The molecular weight excluding hydrogens is 490 g/mol. The van der Waals surface area contributed by atoms with E-state index in [2.05, 4.69) is 5.92 Å². The van der Waals surface area contributed by atoms with Crippen molar-refractivity contribution in [2.45, 2.75) is 9.79 Å². The van der Waals surface area contributed by atoms with Crippen molar-refractivity contribution in [3.05, 3.63) is 84.1 Å². The molecule has 9 nitrogen and oxygen atoms in total. The van der Waals surface area contributed by atoms with Gasteiger partial charge < -0.3 is 10.3 Å². The zero-order valence-electron chi connectivity index (χ0n) is 18.3. The van der Waals surface area contributed by atoms with E-state index in [9.17, 15) is 21.6 Å². The quantitative estimate of drug-likeness (QED) is 0.222. The molecular formula is C24H19N3O6S2. The first-order valence-corrected chi connectivity index (χ1v) is 12.6. The number of thiol groups is 1. The Hall–Kier alpha value is -4.11. The maximum atomic E-state index is 13.3. The van der Waals surface area contributed by atoms with Gasteiger partial charge in [0.15, 0.2) is 0 Å². The van der Waals surface area contributed by atoms with E-state index in [-0.39, 0.29) is 15.5 Å². The fraction of sp³-hybridized carbons (Fsp3) is 0.0417. The molecule has 0 aliphatic rings. The summed E-state index contributed by atoms with van der Waals surface area (Å²) in [6.07, 6.45) is 5.41. The molecule has 0 fully saturated rings. The summed E-state index contributed by atoms with van der Waals surface area (Å²) in [6.45, 7) is 0. The van der Waals surface area contributed by atoms with Crippen LogP contribution >= 0.6 is 0 Å². The number of rotatable bonds is 7. The van der Waals surface area contributed by atoms with Gasteiger partial charge in [-0.2, -0.15) is 4.28 Å². The van der Waals surface area contributed by atoms with Crippen molar-refractivity contribution >= 4 is 43.3 Å². The molecule has 0 aliphatic carbocycles. The smallest absolute Gasteiger partial charge is 0.277 e. The molecule has 11 heteroatoms. The molecule has 35 heavy (non-hydrogen) atoms. The summed E-state index contributed by atoms with van der Waals surface area (Å²) in [5.41, 5.74) is 7.37. The van der Waals surface area contributed by atoms with Crippen LogP contribution in [-0.4, -0.2) is 34.4 Å². The maximum Gasteiger partial charge on any atom is 0.277 e. The van der Waals surface area contributed by atoms with Crippen molar-refractivity contribution in [1.29, 1.82) is 0 Å². The second-order valence-corrected chi connectivity index (χ2v) is 10.0. The first kappa shape index (κ1) is 24.0. The van der Waals surface area contributed by atoms with Crippen LogP contribution in [0.1, 0.15) is 16.1 Å². The summed E-state index contributed by atoms with van der Waals surface area (Å²) >= 11 is 0. The number of carbonyl (C=O) groups is 1. The molecule has 0 aliphatic heterocycles. The first-order valence-electron chi connectivity index (χ1n) is 10.1. The van der Waals surface area contributed by atoms with Crippen molar-refractivity contribution in [3.63, 3.8) is 0 Å². The number of terminal acetylenes is 1. The molecule has 3 aromatic carbocycles. The van der Waals surface area contributed by atoms with Crippen LogP contribution in [0.2, 0.25) is 0 Å². The SMILES string of the molecule is C#Cc1cccc(S(=O)(=O)c2cccc(-n3c(C(N)=O)cc4ccc(N(C)O[SH](=O)=O)cc43)c2)c1. The number of fused-ring (bicyclic) bond motifs is 1. The highest BCUT2D eigenvalue weighted by Gasteiger charge is 2.21. The molecule has 4 aromatic rings. The van der Waals surface area contributed by atoms with Crippen LogP contribution in [0, 0.1) is 12.3 Å². The normalized spacial score (nSPS) is 11.5. The highest BCUT2D eigenvalue weighted by atomic mass is 32.2. The van der Waals surface area contributed by atoms with Crippen LogP contribution < -0.4 is 10.8 Å². The monoisotopic (exact) mass is 509 g/mol. The van der Waals surface area contributed by atoms with E-state index >= 15 is 0 Å². The Bertz CT molecular complexity index is 1690. The van der Waals surface area contributed by atoms with E-state index in [1.807, 2.05) is 0 Å². The summed E-state index contributed by atoms with van der Waals surface area (Å²) in [5.74, 6) is 1.69. The Morgan fingerprint density at radius 1 is 1.03 bits per heavy atom. The third-order valence-corrected chi connectivity index (χ3v) is 7.42. The molecule has 1 aromatic heterocycles. The molecule has 1 amide bonds. The van der Waals surface area contributed by atoms with Crippen molar-refractivity contribution in [3.8, 4) is 18.0 Å². The third-order valence-electron chi connectivity index (χ3n) is 5.29. The second kappa shape index (κ2) is 9.27. The number of anilines is 1. The lowest BCUT2D eigenvalue weighted by Gasteiger charge is -2.16. The Kier molecular flexibility index (Phi) is 6.36. The molecule has 4 rings (SSSR count). The predicted molar refractivity (Wildman–Crippen MR) is 131 cm³/mol. The van der Waals surface area contributed by atoms with E-state index in [0.717, 1.165) is 5.06 Å². The molecule has 1 heterocycles. The fourth-order valence-corrected chi connectivity index (χ4v) is 5.31. The van der Waals surface area contributed by atoms with Crippen LogP contribution in [-0.2, 0) is 25.1 Å². The largest absolute Gasteiger partial charge is 0.364 e. The minimum Gasteiger partial charge on any atom is -0.364 e. The lowest BCUT2D eigenvalue weighted by molar-refractivity contribution is 0.0994. The summed E-state index contributed by atoms with van der Waals surface area (Å²) in [7, 11) is -5.66. The minimum atomic E-state index is -3.93. The highest BCUT2D eigenvalue weighted by Crippen LogP contribution is 2.30. The lowest BCUT2D eigenvalue weighted by Crippen LogP contribution is -2.17. The summed E-state index contributed by atoms with van der Waals surface area (Å²) < 4.78 is 54.7. The number of nitrogens with zero attached hydrogens (tertiary/aromatic N) is 2. The van der Waals surface area contributed by atoms with Crippen LogP contribution in [0.15, 0.2) is 82.6 Å². The Morgan fingerprint density at radius 3 is 2.37 bits per heavy atom. The van der Waals surface area contributed by atoms with Gasteiger partial charge in [0.25, 0.3) is 16.9 Å². The number of nitrogens with two attached hydrogens (primary N) is 1. The van der Waals surface area contributed by atoms with E-state index in [4.69, 9.17) is 16.4 Å². The van der Waals surface area contributed by atoms with Gasteiger partial charge in [-0.1, -0.05) is 24.1 Å². The average molecular weight is 510 g/mol. The van der Waals surface area contributed by atoms with Gasteiger partial charge in [-0.3, -0.25) is 4.79 Å². The van der Waals surface area contributed by atoms with Crippen LogP contribution in [0.25, 0.3) is 16.6 Å². The van der Waals surface area contributed by atoms with Crippen molar-refractivity contribution in [1.82, 2.24) is 4.57 Å². The zero-order valence-corrected chi connectivity index (χ0v) is 20.0. The summed E-state index contributed by atoms with van der Waals surface area (Å²) in [6, 6.07) is 18.5. The second-order valence-electron chi connectivity index (χ2n) is 7.45. The topological polar surface area (TPSA) is 129 Å². The van der Waals surface area contributed by atoms with Gasteiger partial charge in [-0.25, -0.2) is 21.9 Å². The molecule has 0 saturated heterocycles. The standard InChI is InChI=1S/C24H19N3O6S2/c1-3-16-6-4-8-20(12-16)35(31,32)21-9-5-7-19(14-21)27-22-15-18(26(2)33-34(29)30)11-10-17(22)13-23(27)24(25)28/h1,4-15,34H,2H3,(H2,25,28). The van der Waals surface area contributed by atoms with Gasteiger partial charge in [-0.15, -0.1) is 6.42 Å². The van der Waals surface area contributed by atoms with E-state index in [1.54, 1.807) is 48.5 Å². The number of hydroxylamine groups is 1. The summed E-state index contributed by atoms with van der Waals surface area (Å²) in [4.78, 5) is 12.3. The van der Waals surface area contributed by atoms with E-state index in [0.29, 0.717) is 27.8 Å². The van der Waals surface area contributed by atoms with Gasteiger partial charge in [0.1, 0.15) is 5.69 Å². The average Bonchev–Trinajstić information content (AvgIpc) is 3.23. The van der Waals surface area contributed by atoms with Crippen LogP contribution in [0.4, 0.5) is 5.69 Å². The molecule has 178 valence electrons. The number of benzene rings is 3. The molecule has 0 atom stereocenters. The number of amides is 1. The van der Waals surface area contributed by atoms with Gasteiger partial charge in [0.05, 0.1) is 21.0 Å². The molecule has 0 bridgehead atoms. The summed E-state index contributed by atoms with van der Waals surface area (Å²) in [5, 5.41) is 1.67. The Morgan fingerprint density at radius 2 is 1.71 bits per heavy atom. The maximum absolute atomic E-state index is 13.3. The number of primary amides is 1. The molecule has 2 N–H and O–H groups in total. The first-order chi connectivity index (χ1) is 16.6. The molecule has 0 unspecified atom stereocenters. The highest BCUT2D eigenvalue weighted by molar-refractivity contribution is 7.91. The predicted octanol–water partition coefficient (Wildman–Crippen LogP) is 2.44. The fourth-order valence-electron chi connectivity index (χ4n) is 3.67. The minimum absolute atomic E-state index is 0.0126.